The lowest BCUT2D eigenvalue weighted by atomic mass is 9.93. The van der Waals surface area contributed by atoms with Crippen molar-refractivity contribution >= 4 is 27.3 Å². The quantitative estimate of drug-likeness (QED) is 0.920. The van der Waals surface area contributed by atoms with Crippen molar-refractivity contribution in [1.82, 2.24) is 0 Å². The van der Waals surface area contributed by atoms with Crippen molar-refractivity contribution in [1.29, 1.82) is 0 Å². The molecule has 2 rings (SSSR count). The van der Waals surface area contributed by atoms with E-state index in [4.69, 9.17) is 4.74 Å². The third kappa shape index (κ3) is 3.19. The van der Waals surface area contributed by atoms with E-state index in [0.29, 0.717) is 23.7 Å². The Morgan fingerprint density at radius 2 is 2.00 bits per heavy atom. The van der Waals surface area contributed by atoms with Gasteiger partial charge in [-0.05, 0) is 45.9 Å². The Bertz CT molecular complexity index is 683. The zero-order chi connectivity index (χ0) is 16.5. The second kappa shape index (κ2) is 5.79. The molecule has 1 aliphatic heterocycles. The molecule has 0 aromatic heterocycles. The summed E-state index contributed by atoms with van der Waals surface area (Å²) in [5.41, 5.74) is 0.391. The van der Waals surface area contributed by atoms with Crippen molar-refractivity contribution in [2.75, 3.05) is 28.5 Å². The van der Waals surface area contributed by atoms with Gasteiger partial charge in [0.05, 0.1) is 22.5 Å². The van der Waals surface area contributed by atoms with Crippen LogP contribution in [-0.2, 0) is 14.8 Å². The van der Waals surface area contributed by atoms with Crippen LogP contribution in [0, 0.1) is 5.41 Å². The van der Waals surface area contributed by atoms with E-state index in [1.54, 1.807) is 30.0 Å². The Kier molecular flexibility index (Phi) is 4.37. The first kappa shape index (κ1) is 16.6. The van der Waals surface area contributed by atoms with Crippen LogP contribution in [-0.4, -0.2) is 33.2 Å². The van der Waals surface area contributed by atoms with Crippen LogP contribution in [0.2, 0.25) is 0 Å². The fraction of sp³-hybridized carbons (Fsp3) is 0.533. The van der Waals surface area contributed by atoms with Crippen molar-refractivity contribution in [3.8, 4) is 5.75 Å². The summed E-state index contributed by atoms with van der Waals surface area (Å²) in [6, 6.07) is 4.98. The first-order chi connectivity index (χ1) is 10.2. The third-order valence-electron chi connectivity index (χ3n) is 3.63. The SMILES string of the molecule is CCN1C(=O)C(C)(C)COc2ccc(NS(=O)(=O)CC)cc21. The maximum absolute atomic E-state index is 12.6. The molecule has 6 nitrogen and oxygen atoms in total. The summed E-state index contributed by atoms with van der Waals surface area (Å²) in [6.07, 6.45) is 0. The molecule has 7 heteroatoms. The van der Waals surface area contributed by atoms with Gasteiger partial charge in [-0.1, -0.05) is 0 Å². The fourth-order valence-corrected chi connectivity index (χ4v) is 2.90. The molecule has 0 saturated carbocycles. The molecule has 0 unspecified atom stereocenters. The highest BCUT2D eigenvalue weighted by atomic mass is 32.2. The Morgan fingerprint density at radius 1 is 1.32 bits per heavy atom. The minimum Gasteiger partial charge on any atom is -0.490 e. The number of ether oxygens (including phenoxy) is 1. The highest BCUT2D eigenvalue weighted by molar-refractivity contribution is 7.92. The second-order valence-corrected chi connectivity index (χ2v) is 7.92. The number of carbonyl (C=O) groups excluding carboxylic acids is 1. The Morgan fingerprint density at radius 3 is 2.59 bits per heavy atom. The van der Waals surface area contributed by atoms with Gasteiger partial charge in [-0.3, -0.25) is 9.52 Å². The van der Waals surface area contributed by atoms with Crippen LogP contribution in [0.25, 0.3) is 0 Å². The number of hydrogen-bond donors (Lipinski definition) is 1. The van der Waals surface area contributed by atoms with Crippen molar-refractivity contribution in [2.45, 2.75) is 27.7 Å². The number of sulfonamides is 1. The summed E-state index contributed by atoms with van der Waals surface area (Å²) in [7, 11) is -3.36. The van der Waals surface area contributed by atoms with Gasteiger partial charge < -0.3 is 9.64 Å². The van der Waals surface area contributed by atoms with E-state index in [1.165, 1.54) is 0 Å². The molecule has 0 spiro atoms. The lowest BCUT2D eigenvalue weighted by Crippen LogP contribution is -2.42. The van der Waals surface area contributed by atoms with Gasteiger partial charge in [-0.25, -0.2) is 8.42 Å². The summed E-state index contributed by atoms with van der Waals surface area (Å²) >= 11 is 0. The topological polar surface area (TPSA) is 75.7 Å². The predicted octanol–water partition coefficient (Wildman–Crippen LogP) is 2.22. The van der Waals surface area contributed by atoms with Crippen LogP contribution in [0.15, 0.2) is 18.2 Å². The van der Waals surface area contributed by atoms with Crippen LogP contribution in [0.1, 0.15) is 27.7 Å². The average molecular weight is 326 g/mol. The van der Waals surface area contributed by atoms with E-state index < -0.39 is 15.4 Å². The van der Waals surface area contributed by atoms with Gasteiger partial charge in [-0.2, -0.15) is 0 Å². The Hall–Kier alpha value is -1.76. The molecular weight excluding hydrogens is 304 g/mol. The number of nitrogens with zero attached hydrogens (tertiary/aromatic N) is 1. The summed E-state index contributed by atoms with van der Waals surface area (Å²) in [5, 5.41) is 0. The molecule has 0 saturated heterocycles. The highest BCUT2D eigenvalue weighted by Gasteiger charge is 2.37. The van der Waals surface area contributed by atoms with E-state index in [0.717, 1.165) is 0 Å². The number of fused-ring (bicyclic) bond motifs is 1. The van der Waals surface area contributed by atoms with Crippen molar-refractivity contribution in [2.24, 2.45) is 5.41 Å². The number of anilines is 2. The van der Waals surface area contributed by atoms with E-state index in [2.05, 4.69) is 4.72 Å². The zero-order valence-corrected chi connectivity index (χ0v) is 14.2. The van der Waals surface area contributed by atoms with E-state index in [1.807, 2.05) is 20.8 Å². The third-order valence-corrected chi connectivity index (χ3v) is 4.94. The second-order valence-electron chi connectivity index (χ2n) is 5.91. The molecule has 0 aliphatic carbocycles. The van der Waals surface area contributed by atoms with E-state index in [-0.39, 0.29) is 18.3 Å². The highest BCUT2D eigenvalue weighted by Crippen LogP contribution is 2.38. The molecule has 1 amide bonds. The first-order valence-electron chi connectivity index (χ1n) is 7.29. The zero-order valence-electron chi connectivity index (χ0n) is 13.3. The van der Waals surface area contributed by atoms with Gasteiger partial charge in [0, 0.05) is 6.54 Å². The maximum atomic E-state index is 12.6. The normalized spacial score (nSPS) is 17.5. The molecule has 0 bridgehead atoms. The summed E-state index contributed by atoms with van der Waals surface area (Å²) in [5.74, 6) is 0.536. The molecule has 1 heterocycles. The molecule has 0 radical (unpaired) electrons. The molecule has 1 aromatic carbocycles. The average Bonchev–Trinajstić information content (AvgIpc) is 2.55. The largest absolute Gasteiger partial charge is 0.490 e. The van der Waals surface area contributed by atoms with Crippen molar-refractivity contribution in [3.05, 3.63) is 18.2 Å². The number of hydrogen-bond acceptors (Lipinski definition) is 4. The Balaban J connectivity index is 2.46. The molecule has 1 N–H and O–H groups in total. The number of nitrogens with one attached hydrogen (secondary N) is 1. The summed E-state index contributed by atoms with van der Waals surface area (Å²) in [6.45, 7) is 7.90. The van der Waals surface area contributed by atoms with E-state index in [9.17, 15) is 13.2 Å². The van der Waals surface area contributed by atoms with Gasteiger partial charge in [0.25, 0.3) is 0 Å². The molecule has 0 fully saturated rings. The number of benzene rings is 1. The molecule has 1 aliphatic rings. The van der Waals surface area contributed by atoms with Crippen LogP contribution in [0.5, 0.6) is 5.75 Å². The maximum Gasteiger partial charge on any atom is 0.236 e. The van der Waals surface area contributed by atoms with E-state index >= 15 is 0 Å². The minimum atomic E-state index is -3.36. The standard InChI is InChI=1S/C15H22N2O4S/c1-5-17-12-9-11(16-22(19,20)6-2)7-8-13(12)21-10-15(3,4)14(17)18/h7-9,16H,5-6,10H2,1-4H3. The van der Waals surface area contributed by atoms with Crippen molar-refractivity contribution < 1.29 is 17.9 Å². The lowest BCUT2D eigenvalue weighted by Gasteiger charge is -2.27. The fourth-order valence-electron chi connectivity index (χ4n) is 2.27. The number of amides is 1. The molecule has 122 valence electrons. The predicted molar refractivity (Wildman–Crippen MR) is 86.8 cm³/mol. The molecule has 0 atom stereocenters. The molecule has 1 aromatic rings. The minimum absolute atomic E-state index is 0.00988. The van der Waals surface area contributed by atoms with Gasteiger partial charge in [-0.15, -0.1) is 0 Å². The van der Waals surface area contributed by atoms with Crippen LogP contribution in [0.3, 0.4) is 0 Å². The summed E-state index contributed by atoms with van der Waals surface area (Å²) in [4.78, 5) is 14.3. The van der Waals surface area contributed by atoms with Gasteiger partial charge in [0.2, 0.25) is 15.9 Å². The van der Waals surface area contributed by atoms with Gasteiger partial charge >= 0.3 is 0 Å². The van der Waals surface area contributed by atoms with Crippen molar-refractivity contribution in [3.63, 3.8) is 0 Å². The summed E-state index contributed by atoms with van der Waals surface area (Å²) < 4.78 is 31.6. The van der Waals surface area contributed by atoms with Crippen LogP contribution < -0.4 is 14.4 Å². The number of carbonyl (C=O) groups is 1. The van der Waals surface area contributed by atoms with Gasteiger partial charge in [0.1, 0.15) is 12.4 Å². The monoisotopic (exact) mass is 326 g/mol. The van der Waals surface area contributed by atoms with Gasteiger partial charge in [0.15, 0.2) is 0 Å². The van der Waals surface area contributed by atoms with Crippen LogP contribution in [0.4, 0.5) is 11.4 Å². The smallest absolute Gasteiger partial charge is 0.236 e. The molecular formula is C15H22N2O4S. The number of rotatable bonds is 4. The Labute approximate surface area is 131 Å². The van der Waals surface area contributed by atoms with Crippen LogP contribution >= 0.6 is 0 Å². The first-order valence-corrected chi connectivity index (χ1v) is 8.94. The lowest BCUT2D eigenvalue weighted by molar-refractivity contribution is -0.127. The molecule has 22 heavy (non-hydrogen) atoms.